The minimum Gasteiger partial charge on any atom is -0.466 e. The number of nitrogens with zero attached hydrogens (tertiary/aromatic N) is 3. The first-order valence-electron chi connectivity index (χ1n) is 13.9. The monoisotopic (exact) mass is 604 g/mol. The number of amides is 4. The van der Waals surface area contributed by atoms with Crippen molar-refractivity contribution in [1.29, 1.82) is 0 Å². The van der Waals surface area contributed by atoms with Crippen LogP contribution in [0.5, 0.6) is 0 Å². The van der Waals surface area contributed by atoms with Gasteiger partial charge in [-0.15, -0.1) is 0 Å². The van der Waals surface area contributed by atoms with Gasteiger partial charge in [0.2, 0.25) is 0 Å². The molecule has 42 heavy (non-hydrogen) atoms. The predicted octanol–water partition coefficient (Wildman–Crippen LogP) is 6.79. The Morgan fingerprint density at radius 1 is 1.10 bits per heavy atom. The lowest BCUT2D eigenvalue weighted by Crippen LogP contribution is -2.44. The Morgan fingerprint density at radius 3 is 2.40 bits per heavy atom. The zero-order valence-electron chi connectivity index (χ0n) is 23.5. The number of imide groups is 1. The van der Waals surface area contributed by atoms with Crippen LogP contribution >= 0.6 is 23.2 Å². The number of carbonyl (C=O) groups is 3. The summed E-state index contributed by atoms with van der Waals surface area (Å²) in [7, 11) is 0. The van der Waals surface area contributed by atoms with E-state index in [0.29, 0.717) is 27.1 Å². The van der Waals surface area contributed by atoms with E-state index < -0.39 is 36.0 Å². The molecule has 3 atom stereocenters. The largest absolute Gasteiger partial charge is 0.466 e. The molecule has 3 aromatic rings. The number of allylic oxidation sites excluding steroid dienone is 1. The smallest absolute Gasteiger partial charge is 0.325 e. The molecule has 0 radical (unpaired) electrons. The van der Waals surface area contributed by atoms with Gasteiger partial charge in [0.05, 0.1) is 11.8 Å². The van der Waals surface area contributed by atoms with Crippen LogP contribution in [0.25, 0.3) is 6.08 Å². The molecule has 3 aliphatic rings. The van der Waals surface area contributed by atoms with E-state index in [1.807, 2.05) is 36.4 Å². The van der Waals surface area contributed by atoms with Gasteiger partial charge in [0.1, 0.15) is 23.6 Å². The van der Waals surface area contributed by atoms with Gasteiger partial charge in [-0.1, -0.05) is 47.5 Å². The maximum Gasteiger partial charge on any atom is 0.325 e. The Balaban J connectivity index is 1.33. The van der Waals surface area contributed by atoms with Crippen LogP contribution in [0, 0.1) is 19.8 Å². The van der Waals surface area contributed by atoms with E-state index in [4.69, 9.17) is 32.7 Å². The van der Waals surface area contributed by atoms with Crippen LogP contribution in [0.3, 0.4) is 0 Å². The molecular weight excluding hydrogens is 575 g/mol. The van der Waals surface area contributed by atoms with Crippen molar-refractivity contribution in [2.24, 2.45) is 11.0 Å². The molecule has 3 heterocycles. The third kappa shape index (κ3) is 4.92. The summed E-state index contributed by atoms with van der Waals surface area (Å²) in [6.07, 6.45) is 4.69. The summed E-state index contributed by atoms with van der Waals surface area (Å²) in [6.45, 7) is 4.71. The molecule has 216 valence electrons. The van der Waals surface area contributed by atoms with Gasteiger partial charge in [-0.2, -0.15) is 5.10 Å². The molecule has 1 N–H and O–H groups in total. The molecule has 10 heteroatoms. The number of nitrogens with one attached hydrogen (secondary N) is 1. The number of fused-ring (bicyclic) bond motifs is 1. The number of halogens is 2. The van der Waals surface area contributed by atoms with Crippen molar-refractivity contribution in [3.05, 3.63) is 98.4 Å². The Hall–Kier alpha value is -3.88. The number of furan rings is 1. The number of hydrazone groups is 1. The zero-order chi connectivity index (χ0) is 29.8. The second-order valence-corrected chi connectivity index (χ2v) is 12.1. The average Bonchev–Trinajstić information content (AvgIpc) is 3.59. The van der Waals surface area contributed by atoms with Gasteiger partial charge < -0.3 is 9.73 Å². The van der Waals surface area contributed by atoms with Crippen LogP contribution in [-0.2, 0) is 15.1 Å². The fourth-order valence-corrected chi connectivity index (χ4v) is 6.57. The van der Waals surface area contributed by atoms with E-state index in [2.05, 4.69) is 11.4 Å². The molecule has 2 aromatic carbocycles. The molecule has 0 spiro atoms. The molecule has 1 saturated heterocycles. The highest BCUT2D eigenvalue weighted by atomic mass is 35.5. The lowest BCUT2D eigenvalue weighted by Gasteiger charge is -2.30. The van der Waals surface area contributed by atoms with Crippen molar-refractivity contribution in [3.8, 4) is 0 Å². The quantitative estimate of drug-likeness (QED) is 0.324. The van der Waals surface area contributed by atoms with Crippen molar-refractivity contribution >= 4 is 52.8 Å². The third-order valence-corrected chi connectivity index (χ3v) is 8.83. The second kappa shape index (κ2) is 10.7. The maximum absolute atomic E-state index is 14.0. The number of urea groups is 1. The van der Waals surface area contributed by atoms with Crippen LogP contribution in [0.1, 0.15) is 60.4 Å². The minimum atomic E-state index is -1.34. The lowest BCUT2D eigenvalue weighted by atomic mass is 9.77. The number of rotatable bonds is 5. The summed E-state index contributed by atoms with van der Waals surface area (Å²) in [5.74, 6) is 0.155. The Kier molecular flexibility index (Phi) is 7.23. The SMILES string of the molecule is Cc1cc(C2(C)NC(=O)N(CC(=O)N3N=C4/C(=C\c5ccc(Cl)cc5)CCCC4C3c3ccc(Cl)cc3)C2=O)c(C)o1. The van der Waals surface area contributed by atoms with E-state index in [-0.39, 0.29) is 5.92 Å². The first-order chi connectivity index (χ1) is 20.0. The van der Waals surface area contributed by atoms with Crippen molar-refractivity contribution in [2.45, 2.75) is 51.6 Å². The first kappa shape index (κ1) is 28.2. The number of benzene rings is 2. The highest BCUT2D eigenvalue weighted by Crippen LogP contribution is 2.45. The fourth-order valence-electron chi connectivity index (χ4n) is 6.32. The molecule has 0 bridgehead atoms. The highest BCUT2D eigenvalue weighted by Gasteiger charge is 2.52. The summed E-state index contributed by atoms with van der Waals surface area (Å²) in [5, 5.41) is 10.3. The second-order valence-electron chi connectivity index (χ2n) is 11.2. The Labute approximate surface area is 253 Å². The molecule has 4 amide bonds. The number of aryl methyl sites for hydroxylation is 2. The third-order valence-electron chi connectivity index (χ3n) is 8.33. The zero-order valence-corrected chi connectivity index (χ0v) is 25.0. The molecule has 1 aromatic heterocycles. The van der Waals surface area contributed by atoms with Crippen LogP contribution in [0.2, 0.25) is 10.0 Å². The number of hydrogen-bond acceptors (Lipinski definition) is 5. The molecule has 2 fully saturated rings. The lowest BCUT2D eigenvalue weighted by molar-refractivity contribution is -0.140. The van der Waals surface area contributed by atoms with Gasteiger partial charge in [-0.25, -0.2) is 9.80 Å². The molecular formula is C32H30Cl2N4O4. The molecule has 2 aliphatic heterocycles. The van der Waals surface area contributed by atoms with E-state index >= 15 is 0 Å². The van der Waals surface area contributed by atoms with Crippen LogP contribution < -0.4 is 5.32 Å². The molecule has 8 nitrogen and oxygen atoms in total. The molecule has 1 aliphatic carbocycles. The van der Waals surface area contributed by atoms with Crippen molar-refractivity contribution in [2.75, 3.05) is 6.54 Å². The van der Waals surface area contributed by atoms with Crippen molar-refractivity contribution in [1.82, 2.24) is 15.2 Å². The fraction of sp³-hybridized carbons (Fsp3) is 0.312. The van der Waals surface area contributed by atoms with Gasteiger partial charge in [0.25, 0.3) is 11.8 Å². The minimum absolute atomic E-state index is 0.0487. The van der Waals surface area contributed by atoms with Gasteiger partial charge in [-0.05, 0) is 93.1 Å². The molecule has 3 unspecified atom stereocenters. The number of hydrogen-bond donors (Lipinski definition) is 1. The van der Waals surface area contributed by atoms with E-state index in [1.165, 1.54) is 5.01 Å². The van der Waals surface area contributed by atoms with E-state index in [1.54, 1.807) is 39.0 Å². The summed E-state index contributed by atoms with van der Waals surface area (Å²) in [6, 6.07) is 15.7. The standard InChI is InChI=1S/C32H30Cl2N4O4/c1-18-15-26(19(2)42-18)32(3)30(40)37(31(41)35-32)17-27(39)38-29(21-9-13-24(34)14-10-21)25-6-4-5-22(28(25)36-38)16-20-7-11-23(33)12-8-20/h7-16,25,29H,4-6,17H2,1-3H3,(H,35,41)/b22-16-. The van der Waals surface area contributed by atoms with Crippen molar-refractivity contribution in [3.63, 3.8) is 0 Å². The summed E-state index contributed by atoms with van der Waals surface area (Å²) in [4.78, 5) is 41.7. The highest BCUT2D eigenvalue weighted by molar-refractivity contribution is 6.30. The number of carbonyl (C=O) groups excluding carboxylic acids is 3. The van der Waals surface area contributed by atoms with Crippen LogP contribution in [-0.4, -0.2) is 40.0 Å². The summed E-state index contributed by atoms with van der Waals surface area (Å²) in [5.41, 5.74) is 3.00. The molecule has 1 saturated carbocycles. The first-order valence-corrected chi connectivity index (χ1v) is 14.6. The predicted molar refractivity (Wildman–Crippen MR) is 161 cm³/mol. The topological polar surface area (TPSA) is 95.2 Å². The summed E-state index contributed by atoms with van der Waals surface area (Å²) >= 11 is 12.3. The maximum atomic E-state index is 14.0. The van der Waals surface area contributed by atoms with Gasteiger partial charge >= 0.3 is 6.03 Å². The normalized spacial score (nSPS) is 24.7. The van der Waals surface area contributed by atoms with Gasteiger partial charge in [-0.3, -0.25) is 14.5 Å². The van der Waals surface area contributed by atoms with E-state index in [9.17, 15) is 14.4 Å². The van der Waals surface area contributed by atoms with Crippen molar-refractivity contribution < 1.29 is 18.8 Å². The van der Waals surface area contributed by atoms with Crippen LogP contribution in [0.15, 0.2) is 69.7 Å². The van der Waals surface area contributed by atoms with E-state index in [0.717, 1.165) is 46.6 Å². The van der Waals surface area contributed by atoms with Gasteiger partial charge in [0.15, 0.2) is 0 Å². The Morgan fingerprint density at radius 2 is 1.76 bits per heavy atom. The van der Waals surface area contributed by atoms with Crippen LogP contribution in [0.4, 0.5) is 4.79 Å². The Bertz CT molecular complexity index is 1640. The summed E-state index contributed by atoms with van der Waals surface area (Å²) < 4.78 is 5.62. The average molecular weight is 606 g/mol. The van der Waals surface area contributed by atoms with Gasteiger partial charge in [0, 0.05) is 21.5 Å². The molecule has 6 rings (SSSR count).